The zero-order valence-corrected chi connectivity index (χ0v) is 12.5. The molecule has 0 spiro atoms. The van der Waals surface area contributed by atoms with Crippen LogP contribution in [0.2, 0.25) is 0 Å². The van der Waals surface area contributed by atoms with Crippen LogP contribution in [0.15, 0.2) is 34.9 Å². The Labute approximate surface area is 133 Å². The summed E-state index contributed by atoms with van der Waals surface area (Å²) in [5.74, 6) is 0.321. The number of rotatable bonds is 3. The summed E-state index contributed by atoms with van der Waals surface area (Å²) in [5, 5.41) is 15.3. The molecule has 116 valence electrons. The molecule has 3 heterocycles. The van der Waals surface area contributed by atoms with Gasteiger partial charge in [-0.2, -0.15) is 5.26 Å². The van der Waals surface area contributed by atoms with Crippen LogP contribution in [0.3, 0.4) is 0 Å². The Morgan fingerprint density at radius 3 is 2.83 bits per heavy atom. The van der Waals surface area contributed by atoms with Crippen molar-refractivity contribution < 1.29 is 9.21 Å². The van der Waals surface area contributed by atoms with Gasteiger partial charge in [-0.05, 0) is 43.5 Å². The van der Waals surface area contributed by atoms with Crippen molar-refractivity contribution in [2.75, 3.05) is 0 Å². The van der Waals surface area contributed by atoms with Gasteiger partial charge in [0.2, 0.25) is 0 Å². The lowest BCUT2D eigenvalue weighted by Crippen LogP contribution is -2.43. The fourth-order valence-electron chi connectivity index (χ4n) is 3.44. The molecule has 6 nitrogen and oxygen atoms in total. The molecule has 6 heteroatoms. The van der Waals surface area contributed by atoms with Gasteiger partial charge in [0.1, 0.15) is 0 Å². The molecule has 3 atom stereocenters. The van der Waals surface area contributed by atoms with Gasteiger partial charge in [0.05, 0.1) is 17.8 Å². The quantitative estimate of drug-likeness (QED) is 0.902. The zero-order valence-electron chi connectivity index (χ0n) is 12.5. The number of nitriles is 1. The minimum atomic E-state index is -0.274. The van der Waals surface area contributed by atoms with Gasteiger partial charge in [-0.15, -0.1) is 0 Å². The molecule has 1 amide bonds. The van der Waals surface area contributed by atoms with E-state index < -0.39 is 0 Å². The van der Waals surface area contributed by atoms with Gasteiger partial charge in [0, 0.05) is 23.7 Å². The second kappa shape index (κ2) is 5.52. The number of benzene rings is 1. The molecule has 1 aromatic carbocycles. The first-order valence-corrected chi connectivity index (χ1v) is 7.76. The van der Waals surface area contributed by atoms with Gasteiger partial charge >= 0.3 is 5.91 Å². The van der Waals surface area contributed by atoms with Crippen LogP contribution in [-0.4, -0.2) is 29.0 Å². The lowest BCUT2D eigenvalue weighted by Gasteiger charge is -2.20. The molecule has 0 radical (unpaired) electrons. The molecule has 1 aromatic heterocycles. The average molecular weight is 308 g/mol. The highest BCUT2D eigenvalue weighted by Gasteiger charge is 2.40. The number of carbonyl (C=O) groups excluding carboxylic acids is 1. The van der Waals surface area contributed by atoms with Crippen LogP contribution in [0.1, 0.15) is 35.5 Å². The molecule has 3 unspecified atom stereocenters. The van der Waals surface area contributed by atoms with Crippen molar-refractivity contribution in [1.29, 1.82) is 5.26 Å². The van der Waals surface area contributed by atoms with Crippen LogP contribution in [0.4, 0.5) is 0 Å². The number of oxazole rings is 1. The number of hydrogen-bond acceptors (Lipinski definition) is 5. The van der Waals surface area contributed by atoms with E-state index in [4.69, 9.17) is 9.68 Å². The summed E-state index contributed by atoms with van der Waals surface area (Å²) >= 11 is 0. The first kappa shape index (κ1) is 14.0. The molecule has 2 aliphatic heterocycles. The summed E-state index contributed by atoms with van der Waals surface area (Å²) in [6, 6.07) is 10.1. The molecular weight excluding hydrogens is 292 g/mol. The molecule has 4 rings (SSSR count). The Morgan fingerprint density at radius 1 is 1.35 bits per heavy atom. The van der Waals surface area contributed by atoms with E-state index in [2.05, 4.69) is 21.7 Å². The SMILES string of the molecule is N#Cc1ccc(-c2cnc(C(=O)NC3CC4CCC3N4)o2)cc1. The highest BCUT2D eigenvalue weighted by molar-refractivity contribution is 5.90. The summed E-state index contributed by atoms with van der Waals surface area (Å²) < 4.78 is 5.57. The van der Waals surface area contributed by atoms with Crippen molar-refractivity contribution in [3.05, 3.63) is 41.9 Å². The smallest absolute Gasteiger partial charge is 0.307 e. The van der Waals surface area contributed by atoms with Gasteiger partial charge in [-0.3, -0.25) is 4.79 Å². The van der Waals surface area contributed by atoms with Crippen molar-refractivity contribution in [3.63, 3.8) is 0 Å². The second-order valence-corrected chi connectivity index (χ2v) is 6.08. The number of fused-ring (bicyclic) bond motifs is 2. The molecule has 2 aliphatic rings. The molecule has 2 N–H and O–H groups in total. The Bertz CT molecular complexity index is 775. The van der Waals surface area contributed by atoms with Crippen LogP contribution >= 0.6 is 0 Å². The normalized spacial score (nSPS) is 25.3. The number of amides is 1. The Morgan fingerprint density at radius 2 is 2.17 bits per heavy atom. The number of nitrogens with one attached hydrogen (secondary N) is 2. The lowest BCUT2D eigenvalue weighted by atomic mass is 9.95. The molecule has 0 aliphatic carbocycles. The van der Waals surface area contributed by atoms with Gasteiger partial charge in [-0.1, -0.05) is 0 Å². The van der Waals surface area contributed by atoms with E-state index in [0.717, 1.165) is 18.4 Å². The Kier molecular flexibility index (Phi) is 3.36. The maximum absolute atomic E-state index is 12.3. The van der Waals surface area contributed by atoms with Crippen molar-refractivity contribution >= 4 is 5.91 Å². The van der Waals surface area contributed by atoms with Crippen LogP contribution in [-0.2, 0) is 0 Å². The number of carbonyl (C=O) groups is 1. The van der Waals surface area contributed by atoms with E-state index in [1.165, 1.54) is 12.6 Å². The lowest BCUT2D eigenvalue weighted by molar-refractivity contribution is 0.0896. The monoisotopic (exact) mass is 308 g/mol. The highest BCUT2D eigenvalue weighted by Crippen LogP contribution is 2.28. The minimum Gasteiger partial charge on any atom is -0.432 e. The third-order valence-electron chi connectivity index (χ3n) is 4.62. The Balaban J connectivity index is 1.46. The van der Waals surface area contributed by atoms with E-state index in [1.54, 1.807) is 24.3 Å². The predicted octanol–water partition coefficient (Wildman–Crippen LogP) is 1.84. The number of aromatic nitrogens is 1. The van der Waals surface area contributed by atoms with E-state index in [9.17, 15) is 4.79 Å². The fourth-order valence-corrected chi connectivity index (χ4v) is 3.44. The van der Waals surface area contributed by atoms with Crippen LogP contribution in [0.25, 0.3) is 11.3 Å². The maximum atomic E-state index is 12.3. The van der Waals surface area contributed by atoms with E-state index in [0.29, 0.717) is 23.4 Å². The molecule has 2 bridgehead atoms. The second-order valence-electron chi connectivity index (χ2n) is 6.08. The summed E-state index contributed by atoms with van der Waals surface area (Å²) in [5.41, 5.74) is 1.37. The zero-order chi connectivity index (χ0) is 15.8. The third-order valence-corrected chi connectivity index (χ3v) is 4.62. The molecular formula is C17H16N4O2. The van der Waals surface area contributed by atoms with Gasteiger partial charge in [-0.25, -0.2) is 4.98 Å². The number of hydrogen-bond donors (Lipinski definition) is 2. The van der Waals surface area contributed by atoms with E-state index in [1.807, 2.05) is 0 Å². The maximum Gasteiger partial charge on any atom is 0.307 e. The summed E-state index contributed by atoms with van der Waals surface area (Å²) in [4.78, 5) is 16.4. The molecule has 23 heavy (non-hydrogen) atoms. The van der Waals surface area contributed by atoms with Crippen LogP contribution in [0, 0.1) is 11.3 Å². The van der Waals surface area contributed by atoms with Gasteiger partial charge < -0.3 is 15.1 Å². The molecule has 2 fully saturated rings. The highest BCUT2D eigenvalue weighted by atomic mass is 16.4. The van der Waals surface area contributed by atoms with E-state index >= 15 is 0 Å². The summed E-state index contributed by atoms with van der Waals surface area (Å²) in [6.45, 7) is 0. The van der Waals surface area contributed by atoms with Crippen molar-refractivity contribution in [1.82, 2.24) is 15.6 Å². The first-order valence-electron chi connectivity index (χ1n) is 7.76. The topological polar surface area (TPSA) is 91.0 Å². The molecule has 2 saturated heterocycles. The van der Waals surface area contributed by atoms with Gasteiger partial charge in [0.25, 0.3) is 5.89 Å². The molecule has 2 aromatic rings. The third kappa shape index (κ3) is 2.60. The first-order chi connectivity index (χ1) is 11.2. The summed E-state index contributed by atoms with van der Waals surface area (Å²) in [7, 11) is 0. The van der Waals surface area contributed by atoms with Crippen LogP contribution < -0.4 is 10.6 Å². The van der Waals surface area contributed by atoms with Crippen LogP contribution in [0.5, 0.6) is 0 Å². The Hall–Kier alpha value is -2.65. The largest absolute Gasteiger partial charge is 0.432 e. The van der Waals surface area contributed by atoms with E-state index in [-0.39, 0.29) is 17.8 Å². The molecule has 0 saturated carbocycles. The number of nitrogens with zero attached hydrogens (tertiary/aromatic N) is 2. The van der Waals surface area contributed by atoms with Crippen molar-refractivity contribution in [2.24, 2.45) is 0 Å². The predicted molar refractivity (Wildman–Crippen MR) is 82.5 cm³/mol. The van der Waals surface area contributed by atoms with Crippen molar-refractivity contribution in [2.45, 2.75) is 37.4 Å². The average Bonchev–Trinajstić information content (AvgIpc) is 3.31. The summed E-state index contributed by atoms with van der Waals surface area (Å²) in [6.07, 6.45) is 4.81. The standard InChI is InChI=1S/C17H16N4O2/c18-8-10-1-3-11(4-2-10)15-9-19-17(23-15)16(22)21-14-7-12-5-6-13(14)20-12/h1-4,9,12-14,20H,5-7H2,(H,21,22). The van der Waals surface area contributed by atoms with Gasteiger partial charge in [0.15, 0.2) is 5.76 Å². The van der Waals surface area contributed by atoms with Crippen molar-refractivity contribution in [3.8, 4) is 17.4 Å². The minimum absolute atomic E-state index is 0.0760. The fraction of sp³-hybridized carbons (Fsp3) is 0.353.